The predicted octanol–water partition coefficient (Wildman–Crippen LogP) is 2.95. The number of rotatable bonds is 7. The van der Waals surface area contributed by atoms with Crippen LogP contribution in [0.3, 0.4) is 0 Å². The van der Waals surface area contributed by atoms with E-state index in [2.05, 4.69) is 26.2 Å². The Balaban J connectivity index is 0.00000341. The normalized spacial score (nSPS) is 14.8. The molecule has 2 aromatic rings. The molecule has 3 rings (SSSR count). The van der Waals surface area contributed by atoms with Crippen LogP contribution in [0.4, 0.5) is 0 Å². The zero-order chi connectivity index (χ0) is 21.3. The van der Waals surface area contributed by atoms with E-state index in [1.54, 1.807) is 25.3 Å². The maximum absolute atomic E-state index is 12.0. The molecule has 0 atom stereocenters. The van der Waals surface area contributed by atoms with Crippen LogP contribution >= 0.6 is 35.6 Å². The largest absolute Gasteiger partial charge is 0.469 e. The molecule has 0 spiro atoms. The van der Waals surface area contributed by atoms with Crippen molar-refractivity contribution >= 4 is 47.4 Å². The van der Waals surface area contributed by atoms with E-state index in [1.165, 1.54) is 5.56 Å². The van der Waals surface area contributed by atoms with Crippen molar-refractivity contribution in [1.29, 1.82) is 0 Å². The van der Waals surface area contributed by atoms with Gasteiger partial charge in [-0.3, -0.25) is 9.69 Å². The minimum Gasteiger partial charge on any atom is -0.469 e. The SMILES string of the molecule is CN(C)C(=O)CN=C(NCCc1ccco1)N1CCN(Cc2cccc(Cl)c2)CC1.I. The number of amides is 1. The minimum atomic E-state index is -0.0140. The molecule has 1 aromatic carbocycles. The predicted molar refractivity (Wildman–Crippen MR) is 135 cm³/mol. The van der Waals surface area contributed by atoms with Gasteiger partial charge in [0.15, 0.2) is 5.96 Å². The summed E-state index contributed by atoms with van der Waals surface area (Å²) in [6, 6.07) is 11.9. The van der Waals surface area contributed by atoms with Gasteiger partial charge in [0, 0.05) is 64.8 Å². The average molecular weight is 560 g/mol. The number of furan rings is 1. The number of hydrogen-bond donors (Lipinski definition) is 1. The van der Waals surface area contributed by atoms with Gasteiger partial charge in [-0.2, -0.15) is 0 Å². The van der Waals surface area contributed by atoms with Crippen LogP contribution in [0.1, 0.15) is 11.3 Å². The summed E-state index contributed by atoms with van der Waals surface area (Å²) in [6.07, 6.45) is 2.45. The molecule has 0 unspecified atom stereocenters. The van der Waals surface area contributed by atoms with Crippen LogP contribution in [-0.4, -0.2) is 79.9 Å². The van der Waals surface area contributed by atoms with Gasteiger partial charge in [-0.1, -0.05) is 23.7 Å². The third-order valence-corrected chi connectivity index (χ3v) is 5.30. The van der Waals surface area contributed by atoms with E-state index in [0.717, 1.165) is 55.9 Å². The van der Waals surface area contributed by atoms with Crippen molar-refractivity contribution in [2.24, 2.45) is 4.99 Å². The number of benzene rings is 1. The molecule has 0 bridgehead atoms. The van der Waals surface area contributed by atoms with Gasteiger partial charge in [-0.15, -0.1) is 24.0 Å². The van der Waals surface area contributed by atoms with Crippen LogP contribution in [0.2, 0.25) is 5.02 Å². The summed E-state index contributed by atoms with van der Waals surface area (Å²) in [5.41, 5.74) is 1.22. The zero-order valence-corrected chi connectivity index (χ0v) is 21.2. The lowest BCUT2D eigenvalue weighted by atomic mass is 10.2. The summed E-state index contributed by atoms with van der Waals surface area (Å²) in [5, 5.41) is 4.17. The van der Waals surface area contributed by atoms with Crippen molar-refractivity contribution in [2.75, 3.05) is 53.4 Å². The maximum atomic E-state index is 12.0. The average Bonchev–Trinajstić information content (AvgIpc) is 3.24. The number of carbonyl (C=O) groups is 1. The smallest absolute Gasteiger partial charge is 0.243 e. The van der Waals surface area contributed by atoms with Gasteiger partial charge < -0.3 is 19.5 Å². The van der Waals surface area contributed by atoms with E-state index in [1.807, 2.05) is 30.3 Å². The standard InChI is InChI=1S/C22H30ClN5O2.HI/c1-26(2)21(29)16-25-22(24-9-8-20-7-4-14-30-20)28-12-10-27(11-13-28)17-18-5-3-6-19(23)15-18;/h3-7,14-15H,8-13,16-17H2,1-2H3,(H,24,25);1H. The molecular formula is C22H31ClIN5O2. The van der Waals surface area contributed by atoms with Crippen molar-refractivity contribution in [3.8, 4) is 0 Å². The Morgan fingerprint density at radius 1 is 1.19 bits per heavy atom. The molecule has 1 amide bonds. The van der Waals surface area contributed by atoms with E-state index >= 15 is 0 Å². The van der Waals surface area contributed by atoms with Crippen LogP contribution in [-0.2, 0) is 17.8 Å². The molecule has 7 nitrogen and oxygen atoms in total. The maximum Gasteiger partial charge on any atom is 0.243 e. The Morgan fingerprint density at radius 3 is 2.61 bits per heavy atom. The van der Waals surface area contributed by atoms with Crippen LogP contribution < -0.4 is 5.32 Å². The number of piperazine rings is 1. The van der Waals surface area contributed by atoms with Crippen LogP contribution in [0.15, 0.2) is 52.1 Å². The highest BCUT2D eigenvalue weighted by Crippen LogP contribution is 2.14. The van der Waals surface area contributed by atoms with E-state index in [0.29, 0.717) is 6.54 Å². The van der Waals surface area contributed by atoms with Gasteiger partial charge in [0.2, 0.25) is 5.91 Å². The highest BCUT2D eigenvalue weighted by atomic mass is 127. The lowest BCUT2D eigenvalue weighted by Gasteiger charge is -2.36. The fourth-order valence-corrected chi connectivity index (χ4v) is 3.53. The Bertz CT molecular complexity index is 836. The molecule has 0 saturated carbocycles. The Morgan fingerprint density at radius 2 is 1.97 bits per heavy atom. The van der Waals surface area contributed by atoms with Gasteiger partial charge in [-0.05, 0) is 29.8 Å². The second kappa shape index (κ2) is 12.9. The first-order chi connectivity index (χ1) is 14.5. The molecule has 0 radical (unpaired) electrons. The molecule has 1 aromatic heterocycles. The van der Waals surface area contributed by atoms with Gasteiger partial charge in [0.25, 0.3) is 0 Å². The molecule has 31 heavy (non-hydrogen) atoms. The van der Waals surface area contributed by atoms with Crippen LogP contribution in [0.5, 0.6) is 0 Å². The number of halogens is 2. The Hall–Kier alpha value is -1.78. The van der Waals surface area contributed by atoms with Gasteiger partial charge in [0.05, 0.1) is 6.26 Å². The number of carbonyl (C=O) groups excluding carboxylic acids is 1. The Labute approximate surface area is 206 Å². The highest BCUT2D eigenvalue weighted by molar-refractivity contribution is 14.0. The molecule has 1 fully saturated rings. The molecule has 9 heteroatoms. The monoisotopic (exact) mass is 559 g/mol. The summed E-state index contributed by atoms with van der Waals surface area (Å²) < 4.78 is 5.40. The van der Waals surface area contributed by atoms with Crippen molar-refractivity contribution < 1.29 is 9.21 Å². The lowest BCUT2D eigenvalue weighted by Crippen LogP contribution is -2.52. The van der Waals surface area contributed by atoms with Crippen molar-refractivity contribution in [3.05, 3.63) is 59.0 Å². The number of likely N-dealkylation sites (N-methyl/N-ethyl adjacent to an activating group) is 1. The van der Waals surface area contributed by atoms with Crippen molar-refractivity contribution in [1.82, 2.24) is 20.0 Å². The fraction of sp³-hybridized carbons (Fsp3) is 0.455. The van der Waals surface area contributed by atoms with Crippen LogP contribution in [0.25, 0.3) is 0 Å². The van der Waals surface area contributed by atoms with Gasteiger partial charge >= 0.3 is 0 Å². The van der Waals surface area contributed by atoms with E-state index in [-0.39, 0.29) is 36.4 Å². The van der Waals surface area contributed by atoms with Crippen LogP contribution in [0, 0.1) is 0 Å². The molecule has 170 valence electrons. The highest BCUT2D eigenvalue weighted by Gasteiger charge is 2.20. The van der Waals surface area contributed by atoms with E-state index in [9.17, 15) is 4.79 Å². The molecule has 1 saturated heterocycles. The fourth-order valence-electron chi connectivity index (χ4n) is 3.32. The minimum absolute atomic E-state index is 0. The summed E-state index contributed by atoms with van der Waals surface area (Å²) in [5.74, 6) is 1.69. The first kappa shape index (κ1) is 25.5. The zero-order valence-electron chi connectivity index (χ0n) is 18.1. The molecule has 1 aliphatic heterocycles. The third-order valence-electron chi connectivity index (χ3n) is 5.06. The molecule has 1 aliphatic rings. The summed E-state index contributed by atoms with van der Waals surface area (Å²) in [6.45, 7) is 5.27. The van der Waals surface area contributed by atoms with Gasteiger partial charge in [-0.25, -0.2) is 4.99 Å². The number of aliphatic imine (C=N–C) groups is 1. The quantitative estimate of drug-likeness (QED) is 0.321. The molecule has 1 N–H and O–H groups in total. The van der Waals surface area contributed by atoms with E-state index in [4.69, 9.17) is 16.0 Å². The number of guanidine groups is 1. The summed E-state index contributed by atoms with van der Waals surface area (Å²) in [4.78, 5) is 22.8. The number of nitrogens with zero attached hydrogens (tertiary/aromatic N) is 4. The summed E-state index contributed by atoms with van der Waals surface area (Å²) >= 11 is 6.11. The lowest BCUT2D eigenvalue weighted by molar-refractivity contribution is -0.127. The molecular weight excluding hydrogens is 529 g/mol. The van der Waals surface area contributed by atoms with E-state index < -0.39 is 0 Å². The third kappa shape index (κ3) is 8.34. The second-order valence-corrected chi connectivity index (χ2v) is 8.01. The molecule has 0 aliphatic carbocycles. The number of nitrogens with one attached hydrogen (secondary N) is 1. The molecule has 2 heterocycles. The topological polar surface area (TPSA) is 64.3 Å². The number of hydrogen-bond acceptors (Lipinski definition) is 4. The van der Waals surface area contributed by atoms with Crippen molar-refractivity contribution in [3.63, 3.8) is 0 Å². The van der Waals surface area contributed by atoms with Gasteiger partial charge in [0.1, 0.15) is 12.3 Å². The first-order valence-electron chi connectivity index (χ1n) is 10.2. The summed E-state index contributed by atoms with van der Waals surface area (Å²) in [7, 11) is 3.49. The van der Waals surface area contributed by atoms with Crippen molar-refractivity contribution in [2.45, 2.75) is 13.0 Å². The Kier molecular flexibility index (Phi) is 10.6. The first-order valence-corrected chi connectivity index (χ1v) is 10.6. The second-order valence-electron chi connectivity index (χ2n) is 7.58.